The van der Waals surface area contributed by atoms with E-state index in [9.17, 15) is 0 Å². The number of benzene rings is 2. The average molecular weight is 305 g/mol. The highest BCUT2D eigenvalue weighted by molar-refractivity contribution is 9.09. The van der Waals surface area contributed by atoms with E-state index in [0.29, 0.717) is 0 Å². The van der Waals surface area contributed by atoms with Crippen LogP contribution in [0.25, 0.3) is 0 Å². The molecule has 1 aliphatic rings. The summed E-state index contributed by atoms with van der Waals surface area (Å²) in [6, 6.07) is 15.3. The molecule has 0 fully saturated rings. The van der Waals surface area contributed by atoms with Gasteiger partial charge in [-0.3, -0.25) is 0 Å². The fourth-order valence-corrected chi connectivity index (χ4v) is 1.47. The molecule has 0 aromatic heterocycles. The van der Waals surface area contributed by atoms with Gasteiger partial charge in [-0.05, 0) is 24.3 Å². The van der Waals surface area contributed by atoms with E-state index in [-0.39, 0.29) is 0 Å². The number of alkyl halides is 1. The minimum absolute atomic E-state index is 0.770. The van der Waals surface area contributed by atoms with Gasteiger partial charge >= 0.3 is 0 Å². The minimum atomic E-state index is 0.770. The Bertz CT molecular complexity index is 450. The Hall–Kier alpha value is -1.74. The molecule has 0 bridgehead atoms. The Morgan fingerprint density at radius 1 is 0.833 bits per heavy atom. The molecule has 0 aliphatic carbocycles. The van der Waals surface area contributed by atoms with Gasteiger partial charge in [-0.15, -0.1) is 6.58 Å². The lowest BCUT2D eigenvalue weighted by atomic mass is 10.2. The third-order valence-electron chi connectivity index (χ3n) is 2.25. The molecule has 2 aromatic carbocycles. The Morgan fingerprint density at radius 2 is 1.11 bits per heavy atom. The summed E-state index contributed by atoms with van der Waals surface area (Å²) in [4.78, 5) is 0. The summed E-state index contributed by atoms with van der Waals surface area (Å²) in [5, 5.41) is 0.896. The Labute approximate surface area is 115 Å². The molecule has 0 radical (unpaired) electrons. The maximum absolute atomic E-state index is 5.65. The molecular weight excluding hydrogens is 292 g/mol. The van der Waals surface area contributed by atoms with Gasteiger partial charge < -0.3 is 9.47 Å². The lowest BCUT2D eigenvalue weighted by molar-refractivity contribution is 0.359. The number of rotatable bonds is 1. The second-order valence-electron chi connectivity index (χ2n) is 3.54. The zero-order chi connectivity index (χ0) is 12.8. The average Bonchev–Trinajstić information content (AvgIpc) is 2.45. The lowest BCUT2D eigenvalue weighted by Crippen LogP contribution is -1.97. The van der Waals surface area contributed by atoms with Gasteiger partial charge in [-0.25, -0.2) is 0 Å². The smallest absolute Gasteiger partial charge is 0.170 e. The van der Waals surface area contributed by atoms with Gasteiger partial charge in [0.05, 0.1) is 0 Å². The fraction of sp³-hybridized carbons (Fsp3) is 0.0667. The monoisotopic (exact) mass is 304 g/mol. The van der Waals surface area contributed by atoms with Crippen molar-refractivity contribution in [2.45, 2.75) is 0 Å². The summed E-state index contributed by atoms with van der Waals surface area (Å²) in [7, 11) is 0. The maximum atomic E-state index is 5.65. The number of allylic oxidation sites excluding steroid dienone is 1. The van der Waals surface area contributed by atoms with Crippen LogP contribution in [-0.4, -0.2) is 5.33 Å². The highest BCUT2D eigenvalue weighted by Crippen LogP contribution is 2.44. The van der Waals surface area contributed by atoms with Crippen LogP contribution in [0.5, 0.6) is 23.0 Å². The van der Waals surface area contributed by atoms with Crippen LogP contribution in [-0.2, 0) is 0 Å². The van der Waals surface area contributed by atoms with Crippen molar-refractivity contribution in [2.24, 2.45) is 0 Å². The zero-order valence-corrected chi connectivity index (χ0v) is 11.4. The van der Waals surface area contributed by atoms with Crippen molar-refractivity contribution >= 4 is 15.9 Å². The Balaban J connectivity index is 0.000000267. The zero-order valence-electron chi connectivity index (χ0n) is 9.80. The molecule has 3 heteroatoms. The predicted molar refractivity (Wildman–Crippen MR) is 77.0 cm³/mol. The molecular formula is C15H13BrO2. The van der Waals surface area contributed by atoms with E-state index in [1.165, 1.54) is 0 Å². The number of ether oxygens (including phenoxy) is 2. The van der Waals surface area contributed by atoms with Crippen LogP contribution in [0.2, 0.25) is 0 Å². The van der Waals surface area contributed by atoms with Gasteiger partial charge in [0.2, 0.25) is 0 Å². The molecule has 0 saturated carbocycles. The first-order valence-corrected chi connectivity index (χ1v) is 6.68. The highest BCUT2D eigenvalue weighted by Gasteiger charge is 2.16. The molecule has 1 aliphatic heterocycles. The summed E-state index contributed by atoms with van der Waals surface area (Å²) >= 11 is 3.13. The van der Waals surface area contributed by atoms with Crippen LogP contribution >= 0.6 is 15.9 Å². The van der Waals surface area contributed by atoms with Crippen molar-refractivity contribution in [1.82, 2.24) is 0 Å². The van der Waals surface area contributed by atoms with Crippen LogP contribution < -0.4 is 9.47 Å². The van der Waals surface area contributed by atoms with Crippen molar-refractivity contribution < 1.29 is 9.47 Å². The predicted octanol–water partition coefficient (Wildman–Crippen LogP) is 5.15. The van der Waals surface area contributed by atoms with Crippen molar-refractivity contribution in [3.8, 4) is 23.0 Å². The lowest BCUT2D eigenvalue weighted by Gasteiger charge is -2.19. The first-order valence-electron chi connectivity index (χ1n) is 5.55. The van der Waals surface area contributed by atoms with Crippen molar-refractivity contribution in [3.05, 3.63) is 61.2 Å². The molecule has 18 heavy (non-hydrogen) atoms. The van der Waals surface area contributed by atoms with Gasteiger partial charge in [0, 0.05) is 5.33 Å². The van der Waals surface area contributed by atoms with E-state index < -0.39 is 0 Å². The van der Waals surface area contributed by atoms with Gasteiger partial charge in [0.15, 0.2) is 23.0 Å². The van der Waals surface area contributed by atoms with Crippen LogP contribution in [0.3, 0.4) is 0 Å². The topological polar surface area (TPSA) is 18.5 Å². The number of para-hydroxylation sites is 4. The first-order chi connectivity index (χ1) is 8.85. The molecule has 0 unspecified atom stereocenters. The fourth-order valence-electron chi connectivity index (χ4n) is 1.47. The van der Waals surface area contributed by atoms with Crippen molar-refractivity contribution in [2.75, 3.05) is 5.33 Å². The van der Waals surface area contributed by atoms with Gasteiger partial charge in [0.1, 0.15) is 0 Å². The molecule has 1 heterocycles. The van der Waals surface area contributed by atoms with E-state index in [1.807, 2.05) is 48.5 Å². The summed E-state index contributed by atoms with van der Waals surface area (Å²) in [6.45, 7) is 3.43. The molecule has 0 amide bonds. The van der Waals surface area contributed by atoms with Crippen LogP contribution in [0.1, 0.15) is 0 Å². The van der Waals surface area contributed by atoms with Gasteiger partial charge in [-0.2, -0.15) is 0 Å². The standard InChI is InChI=1S/C12H8O2.C3H5Br/c1-2-6-10-9(5-1)13-11-7-3-4-8-12(11)14-10;1-2-3-4/h1-8H;2H,1,3H2. The van der Waals surface area contributed by atoms with E-state index in [2.05, 4.69) is 22.5 Å². The molecule has 0 N–H and O–H groups in total. The summed E-state index contributed by atoms with van der Waals surface area (Å²) in [5.74, 6) is 3.08. The molecule has 0 atom stereocenters. The number of hydrogen-bond donors (Lipinski definition) is 0. The molecule has 2 aromatic rings. The van der Waals surface area contributed by atoms with Crippen LogP contribution in [0.15, 0.2) is 61.2 Å². The minimum Gasteiger partial charge on any atom is -0.450 e. The second-order valence-corrected chi connectivity index (χ2v) is 4.19. The van der Waals surface area contributed by atoms with Gasteiger partial charge in [-0.1, -0.05) is 46.3 Å². The van der Waals surface area contributed by atoms with Crippen molar-refractivity contribution in [1.29, 1.82) is 0 Å². The van der Waals surface area contributed by atoms with E-state index in [1.54, 1.807) is 6.08 Å². The molecule has 92 valence electrons. The number of fused-ring (bicyclic) bond motifs is 2. The van der Waals surface area contributed by atoms with Crippen molar-refractivity contribution in [3.63, 3.8) is 0 Å². The first kappa shape index (κ1) is 12.7. The third-order valence-corrected chi connectivity index (χ3v) is 2.71. The van der Waals surface area contributed by atoms with E-state index >= 15 is 0 Å². The molecule has 2 nitrogen and oxygen atoms in total. The molecule has 0 saturated heterocycles. The Kier molecular flexibility index (Phi) is 4.42. The molecule has 3 rings (SSSR count). The number of hydrogen-bond acceptors (Lipinski definition) is 2. The summed E-state index contributed by atoms with van der Waals surface area (Å²) in [6.07, 6.45) is 1.79. The highest BCUT2D eigenvalue weighted by atomic mass is 79.9. The summed E-state index contributed by atoms with van der Waals surface area (Å²) < 4.78 is 11.3. The van der Waals surface area contributed by atoms with E-state index in [0.717, 1.165) is 28.3 Å². The quantitative estimate of drug-likeness (QED) is 0.457. The molecule has 0 spiro atoms. The van der Waals surface area contributed by atoms with Crippen LogP contribution in [0.4, 0.5) is 0 Å². The maximum Gasteiger partial charge on any atom is 0.170 e. The largest absolute Gasteiger partial charge is 0.450 e. The Morgan fingerprint density at radius 3 is 1.33 bits per heavy atom. The summed E-state index contributed by atoms with van der Waals surface area (Å²) in [5.41, 5.74) is 0. The third kappa shape index (κ3) is 2.93. The normalized spacial score (nSPS) is 10.7. The van der Waals surface area contributed by atoms with Crippen LogP contribution in [0, 0.1) is 0 Å². The second kappa shape index (κ2) is 6.26. The van der Waals surface area contributed by atoms with E-state index in [4.69, 9.17) is 9.47 Å². The number of halogens is 1. The van der Waals surface area contributed by atoms with Gasteiger partial charge in [0.25, 0.3) is 0 Å². The SMILES string of the molecule is C=CCBr.c1ccc2c(c1)Oc1ccccc1O2.